The molecule has 0 bridgehead atoms. The van der Waals surface area contributed by atoms with Crippen LogP contribution in [0.3, 0.4) is 0 Å². The van der Waals surface area contributed by atoms with Gasteiger partial charge in [0.25, 0.3) is 0 Å². The Morgan fingerprint density at radius 3 is 1.63 bits per heavy atom. The van der Waals surface area contributed by atoms with Gasteiger partial charge in [-0.25, -0.2) is 0 Å². The SMILES string of the molecule is CC1(C)c2ccccc2-n2c3ccc(-c4ccc(N(c5ccc(-c6ccccc6)cc5)c5ccc6c(c5)C5(c7ccccc7Oc7ccccc75)c5ccccc5-6)cc4)cc3c3cccc1c32. The largest absolute Gasteiger partial charge is 0.457 e. The van der Waals surface area contributed by atoms with Gasteiger partial charge in [0.2, 0.25) is 0 Å². The monoisotopic (exact) mass is 856 g/mol. The van der Waals surface area contributed by atoms with Gasteiger partial charge in [-0.2, -0.15) is 0 Å². The summed E-state index contributed by atoms with van der Waals surface area (Å²) in [4.78, 5) is 2.42. The summed E-state index contributed by atoms with van der Waals surface area (Å²) < 4.78 is 9.17. The van der Waals surface area contributed by atoms with Crippen molar-refractivity contribution in [3.63, 3.8) is 0 Å². The van der Waals surface area contributed by atoms with Gasteiger partial charge in [-0.3, -0.25) is 0 Å². The molecule has 1 aliphatic carbocycles. The third-order valence-corrected chi connectivity index (χ3v) is 15.1. The van der Waals surface area contributed by atoms with E-state index in [1.165, 1.54) is 83.1 Å². The van der Waals surface area contributed by atoms with Crippen LogP contribution in [0.1, 0.15) is 47.2 Å². The number of benzene rings is 10. The normalized spacial score (nSPS) is 14.2. The highest BCUT2D eigenvalue weighted by Gasteiger charge is 2.51. The fourth-order valence-corrected chi connectivity index (χ4v) is 12.0. The van der Waals surface area contributed by atoms with Gasteiger partial charge in [-0.1, -0.05) is 178 Å². The maximum Gasteiger partial charge on any atom is 0.132 e. The number of rotatable bonds is 5. The average Bonchev–Trinajstić information content (AvgIpc) is 3.87. The van der Waals surface area contributed by atoms with Crippen molar-refractivity contribution in [3.05, 3.63) is 264 Å². The lowest BCUT2D eigenvalue weighted by molar-refractivity contribution is 0.436. The van der Waals surface area contributed by atoms with Gasteiger partial charge in [-0.05, 0) is 122 Å². The summed E-state index contributed by atoms with van der Waals surface area (Å²) in [7, 11) is 0. The standard InChI is InChI=1S/C64H44N2O/c1-63(2)53-20-8-11-24-59(53)66-58-38-31-44(39-51(58)50-18-14-23-56(63)62(50)66)43-29-34-46(35-30-43)65(45-32-27-42(28-33-45)41-15-4-3-5-16-41)47-36-37-49-48-17-6-7-19-52(48)64(57(49)40-47)54-21-9-12-25-60(54)67-61-26-13-10-22-55(61)64/h3-40H,1-2H3. The van der Waals surface area contributed by atoms with Gasteiger partial charge in [0.15, 0.2) is 0 Å². The Balaban J connectivity index is 0.932. The Bertz CT molecular complexity index is 3760. The van der Waals surface area contributed by atoms with E-state index in [4.69, 9.17) is 4.74 Å². The van der Waals surface area contributed by atoms with E-state index in [2.05, 4.69) is 254 Å². The minimum atomic E-state index is -0.570. The number of para-hydroxylation sites is 4. The Morgan fingerprint density at radius 1 is 0.373 bits per heavy atom. The van der Waals surface area contributed by atoms with Crippen LogP contribution in [0, 0.1) is 0 Å². The van der Waals surface area contributed by atoms with Crippen molar-refractivity contribution in [2.45, 2.75) is 24.7 Å². The van der Waals surface area contributed by atoms with Gasteiger partial charge in [-0.15, -0.1) is 0 Å². The van der Waals surface area contributed by atoms with E-state index in [0.29, 0.717) is 0 Å². The van der Waals surface area contributed by atoms with Crippen LogP contribution in [0.15, 0.2) is 231 Å². The minimum absolute atomic E-state index is 0.101. The first kappa shape index (κ1) is 37.9. The lowest BCUT2D eigenvalue weighted by Gasteiger charge is -2.39. The molecule has 0 amide bonds. The average molecular weight is 857 g/mol. The summed E-state index contributed by atoms with van der Waals surface area (Å²) >= 11 is 0. The fraction of sp³-hybridized carbons (Fsp3) is 0.0625. The molecule has 0 atom stereocenters. The van der Waals surface area contributed by atoms with Crippen LogP contribution in [0.25, 0.3) is 60.9 Å². The first-order valence-electron chi connectivity index (χ1n) is 23.3. The zero-order valence-electron chi connectivity index (χ0n) is 37.2. The molecular weight excluding hydrogens is 813 g/mol. The molecular formula is C64H44N2O. The molecule has 0 saturated carbocycles. The molecule has 2 aliphatic heterocycles. The number of nitrogens with zero attached hydrogens (tertiary/aromatic N) is 2. The second kappa shape index (κ2) is 14.1. The molecule has 3 heteroatoms. The maximum absolute atomic E-state index is 6.68. The minimum Gasteiger partial charge on any atom is -0.457 e. The van der Waals surface area contributed by atoms with Crippen LogP contribution in [-0.2, 0) is 10.8 Å². The molecule has 0 saturated heterocycles. The van der Waals surface area contributed by atoms with Gasteiger partial charge in [0, 0.05) is 44.4 Å². The van der Waals surface area contributed by atoms with Crippen LogP contribution in [-0.4, -0.2) is 4.57 Å². The first-order valence-corrected chi connectivity index (χ1v) is 23.3. The van der Waals surface area contributed by atoms with E-state index in [9.17, 15) is 0 Å². The van der Waals surface area contributed by atoms with Crippen molar-refractivity contribution >= 4 is 38.9 Å². The van der Waals surface area contributed by atoms with Crippen molar-refractivity contribution in [2.75, 3.05) is 4.90 Å². The van der Waals surface area contributed by atoms with Gasteiger partial charge in [0.1, 0.15) is 11.5 Å². The highest BCUT2D eigenvalue weighted by atomic mass is 16.5. The molecule has 3 aliphatic rings. The number of anilines is 3. The topological polar surface area (TPSA) is 17.4 Å². The number of hydrogen-bond acceptors (Lipinski definition) is 2. The number of ether oxygens (including phenoxy) is 1. The molecule has 11 aromatic rings. The summed E-state index contributed by atoms with van der Waals surface area (Å²) in [5.41, 5.74) is 21.2. The number of fused-ring (bicyclic) bond motifs is 14. The van der Waals surface area contributed by atoms with Gasteiger partial charge >= 0.3 is 0 Å². The second-order valence-corrected chi connectivity index (χ2v) is 18.8. The van der Waals surface area contributed by atoms with Crippen LogP contribution in [0.5, 0.6) is 11.5 Å². The molecule has 0 radical (unpaired) electrons. The summed E-state index contributed by atoms with van der Waals surface area (Å²) in [6.45, 7) is 4.72. The Morgan fingerprint density at radius 2 is 0.910 bits per heavy atom. The Labute approximate surface area is 390 Å². The molecule has 0 fully saturated rings. The smallest absolute Gasteiger partial charge is 0.132 e. The third-order valence-electron chi connectivity index (χ3n) is 15.1. The highest BCUT2D eigenvalue weighted by molar-refractivity contribution is 6.12. The number of hydrogen-bond donors (Lipinski definition) is 0. The van der Waals surface area contributed by atoms with E-state index in [1.54, 1.807) is 0 Å². The molecule has 10 aromatic carbocycles. The Hall–Kier alpha value is -8.40. The maximum atomic E-state index is 6.68. The quantitative estimate of drug-likeness (QED) is 0.172. The molecule has 0 N–H and O–H groups in total. The van der Waals surface area contributed by atoms with E-state index in [1.807, 2.05) is 0 Å². The molecule has 1 aromatic heterocycles. The number of aromatic nitrogens is 1. The summed E-state index contributed by atoms with van der Waals surface area (Å²) in [5.74, 6) is 1.78. The van der Waals surface area contributed by atoms with Crippen molar-refractivity contribution in [1.29, 1.82) is 0 Å². The van der Waals surface area contributed by atoms with E-state index in [-0.39, 0.29) is 5.41 Å². The van der Waals surface area contributed by atoms with Crippen LogP contribution in [0.4, 0.5) is 17.1 Å². The molecule has 0 unspecified atom stereocenters. The van der Waals surface area contributed by atoms with Crippen molar-refractivity contribution in [1.82, 2.24) is 4.57 Å². The molecule has 3 heterocycles. The first-order chi connectivity index (χ1) is 33.0. The van der Waals surface area contributed by atoms with Crippen molar-refractivity contribution in [3.8, 4) is 50.6 Å². The van der Waals surface area contributed by atoms with Gasteiger partial charge in [0.05, 0.1) is 22.1 Å². The van der Waals surface area contributed by atoms with Crippen LogP contribution < -0.4 is 9.64 Å². The molecule has 67 heavy (non-hydrogen) atoms. The predicted molar refractivity (Wildman–Crippen MR) is 276 cm³/mol. The molecule has 14 rings (SSSR count). The molecule has 3 nitrogen and oxygen atoms in total. The van der Waals surface area contributed by atoms with E-state index < -0.39 is 5.41 Å². The lowest BCUT2D eigenvalue weighted by Crippen LogP contribution is -2.32. The fourth-order valence-electron chi connectivity index (χ4n) is 12.0. The summed E-state index contributed by atoms with van der Waals surface area (Å²) in [6.07, 6.45) is 0. The van der Waals surface area contributed by atoms with Crippen molar-refractivity contribution < 1.29 is 4.74 Å². The summed E-state index contributed by atoms with van der Waals surface area (Å²) in [6, 6.07) is 84.8. The molecule has 316 valence electrons. The third kappa shape index (κ3) is 5.28. The zero-order valence-corrected chi connectivity index (χ0v) is 37.2. The van der Waals surface area contributed by atoms with Crippen LogP contribution in [0.2, 0.25) is 0 Å². The highest BCUT2D eigenvalue weighted by Crippen LogP contribution is 2.62. The van der Waals surface area contributed by atoms with E-state index in [0.717, 1.165) is 39.7 Å². The van der Waals surface area contributed by atoms with Crippen LogP contribution >= 0.6 is 0 Å². The predicted octanol–water partition coefficient (Wildman–Crippen LogP) is 16.7. The lowest BCUT2D eigenvalue weighted by atomic mass is 9.66. The van der Waals surface area contributed by atoms with Gasteiger partial charge < -0.3 is 14.2 Å². The van der Waals surface area contributed by atoms with E-state index >= 15 is 0 Å². The summed E-state index contributed by atoms with van der Waals surface area (Å²) in [5, 5.41) is 2.57. The second-order valence-electron chi connectivity index (χ2n) is 18.8. The zero-order chi connectivity index (χ0) is 44.4. The molecule has 1 spiro atoms. The van der Waals surface area contributed by atoms with Crippen molar-refractivity contribution in [2.24, 2.45) is 0 Å². The Kier molecular flexibility index (Phi) is 7.95.